The molecule has 0 fully saturated rings. The van der Waals surface area contributed by atoms with E-state index in [4.69, 9.17) is 14.2 Å². The molecule has 0 bridgehead atoms. The fourth-order valence-corrected chi connectivity index (χ4v) is 3.78. The van der Waals surface area contributed by atoms with E-state index in [0.717, 1.165) is 26.1 Å². The lowest BCUT2D eigenvalue weighted by atomic mass is 10.2. The smallest absolute Gasteiger partial charge is 0.493 e. The number of halogens is 1. The highest BCUT2D eigenvalue weighted by atomic mass is 79.9. The molecule has 1 heterocycles. The Morgan fingerprint density at radius 3 is 2.47 bits per heavy atom. The first-order valence-corrected chi connectivity index (χ1v) is 11.4. The van der Waals surface area contributed by atoms with E-state index in [9.17, 15) is 4.79 Å². The van der Waals surface area contributed by atoms with Gasteiger partial charge in [0.05, 0.1) is 19.0 Å². The molecule has 0 atom stereocenters. The molecule has 168 valence electrons. The zero-order valence-electron chi connectivity index (χ0n) is 18.5. The fraction of sp³-hybridized carbons (Fsp3) is 0.261. The first kappa shape index (κ1) is 23.7. The highest BCUT2D eigenvalue weighted by Gasteiger charge is 2.19. The topological polar surface area (TPSA) is 74.4 Å². The second kappa shape index (κ2) is 10.1. The number of benzene rings is 2. The maximum atomic E-state index is 12.0. The van der Waals surface area contributed by atoms with Gasteiger partial charge in [0.2, 0.25) is 4.80 Å². The Kier molecular flexibility index (Phi) is 7.52. The van der Waals surface area contributed by atoms with Crippen molar-refractivity contribution >= 4 is 39.6 Å². The van der Waals surface area contributed by atoms with E-state index in [1.807, 2.05) is 29.6 Å². The summed E-state index contributed by atoms with van der Waals surface area (Å²) < 4.78 is 18.7. The molecule has 0 saturated carbocycles. The van der Waals surface area contributed by atoms with Crippen LogP contribution in [0.3, 0.4) is 0 Å². The van der Waals surface area contributed by atoms with Gasteiger partial charge < -0.3 is 14.2 Å². The van der Waals surface area contributed by atoms with Crippen LogP contribution in [0.25, 0.3) is 11.3 Å². The standard InChI is InChI=1S/C23H24BrN3O4S/c1-23(2,3)31-22(28)30-19-11-6-15(12-20(19)29-5)13-26-27-18(14-32-21(27)25-4)16-7-9-17(24)10-8-16/h6-14H,1-5H3. The van der Waals surface area contributed by atoms with Crippen LogP contribution in [0.4, 0.5) is 4.79 Å². The first-order chi connectivity index (χ1) is 15.2. The Morgan fingerprint density at radius 2 is 1.84 bits per heavy atom. The van der Waals surface area contributed by atoms with Gasteiger partial charge in [-0.25, -0.2) is 9.47 Å². The number of aromatic nitrogens is 1. The molecule has 0 radical (unpaired) electrons. The summed E-state index contributed by atoms with van der Waals surface area (Å²) in [5.74, 6) is 0.658. The third-order valence-corrected chi connectivity index (χ3v) is 5.55. The molecule has 7 nitrogen and oxygen atoms in total. The van der Waals surface area contributed by atoms with Crippen LogP contribution in [0.2, 0.25) is 0 Å². The molecular weight excluding hydrogens is 494 g/mol. The second-order valence-electron chi connectivity index (χ2n) is 7.67. The highest BCUT2D eigenvalue weighted by molar-refractivity contribution is 9.10. The lowest BCUT2D eigenvalue weighted by molar-refractivity contribution is 0.0201. The van der Waals surface area contributed by atoms with Gasteiger partial charge in [-0.1, -0.05) is 28.1 Å². The van der Waals surface area contributed by atoms with E-state index in [0.29, 0.717) is 5.75 Å². The van der Waals surface area contributed by atoms with Gasteiger partial charge in [-0.3, -0.25) is 4.99 Å². The summed E-state index contributed by atoms with van der Waals surface area (Å²) >= 11 is 4.97. The predicted molar refractivity (Wildman–Crippen MR) is 130 cm³/mol. The van der Waals surface area contributed by atoms with Gasteiger partial charge >= 0.3 is 6.16 Å². The molecular formula is C23H24BrN3O4S. The zero-order chi connectivity index (χ0) is 23.3. The third kappa shape index (κ3) is 6.08. The number of thiazole rings is 1. The number of ether oxygens (including phenoxy) is 3. The van der Waals surface area contributed by atoms with Crippen molar-refractivity contribution < 1.29 is 19.0 Å². The molecule has 0 aliphatic carbocycles. The quantitative estimate of drug-likeness (QED) is 0.246. The molecule has 0 aliphatic rings. The van der Waals surface area contributed by atoms with Crippen LogP contribution in [-0.2, 0) is 4.74 Å². The normalized spacial score (nSPS) is 12.2. The average Bonchev–Trinajstić information content (AvgIpc) is 3.15. The van der Waals surface area contributed by atoms with Crippen molar-refractivity contribution in [3.8, 4) is 22.8 Å². The minimum atomic E-state index is -0.792. The summed E-state index contributed by atoms with van der Waals surface area (Å²) in [6, 6.07) is 13.2. The molecule has 0 unspecified atom stereocenters. The van der Waals surface area contributed by atoms with Gasteiger partial charge in [0, 0.05) is 22.5 Å². The van der Waals surface area contributed by atoms with Gasteiger partial charge in [0.1, 0.15) is 5.60 Å². The molecule has 3 aromatic rings. The minimum Gasteiger partial charge on any atom is -0.493 e. The van der Waals surface area contributed by atoms with Crippen LogP contribution in [-0.4, -0.2) is 36.8 Å². The SMILES string of the molecule is CN=c1scc(-c2ccc(Br)cc2)n1N=Cc1ccc(OC(=O)OC(C)(C)C)c(OC)c1. The van der Waals surface area contributed by atoms with Crippen molar-refractivity contribution in [2.24, 2.45) is 10.1 Å². The van der Waals surface area contributed by atoms with Crippen LogP contribution in [0.1, 0.15) is 26.3 Å². The monoisotopic (exact) mass is 517 g/mol. The van der Waals surface area contributed by atoms with Gasteiger partial charge in [-0.05, 0) is 56.7 Å². The van der Waals surface area contributed by atoms with E-state index >= 15 is 0 Å². The van der Waals surface area contributed by atoms with Crippen molar-refractivity contribution in [2.45, 2.75) is 26.4 Å². The molecule has 2 aromatic carbocycles. The molecule has 0 amide bonds. The minimum absolute atomic E-state index is 0.266. The van der Waals surface area contributed by atoms with Gasteiger partial charge in [-0.2, -0.15) is 5.10 Å². The van der Waals surface area contributed by atoms with E-state index in [1.54, 1.807) is 56.9 Å². The summed E-state index contributed by atoms with van der Waals surface area (Å²) in [5, 5.41) is 6.64. The number of nitrogens with zero attached hydrogens (tertiary/aromatic N) is 3. The summed E-state index contributed by atoms with van der Waals surface area (Å²) in [7, 11) is 3.24. The number of hydrogen-bond donors (Lipinski definition) is 0. The summed E-state index contributed by atoms with van der Waals surface area (Å²) in [4.78, 5) is 17.1. The Hall–Kier alpha value is -2.91. The van der Waals surface area contributed by atoms with Crippen LogP contribution in [0.5, 0.6) is 11.5 Å². The maximum absolute atomic E-state index is 12.0. The van der Waals surface area contributed by atoms with Crippen LogP contribution >= 0.6 is 27.3 Å². The summed E-state index contributed by atoms with van der Waals surface area (Å²) in [6.07, 6.45) is 0.906. The number of carbonyl (C=O) groups excluding carboxylic acids is 1. The van der Waals surface area contributed by atoms with Gasteiger partial charge in [0.25, 0.3) is 0 Å². The molecule has 32 heavy (non-hydrogen) atoms. The molecule has 0 saturated heterocycles. The maximum Gasteiger partial charge on any atom is 0.514 e. The lowest BCUT2D eigenvalue weighted by Gasteiger charge is -2.19. The van der Waals surface area contributed by atoms with Crippen LogP contribution in [0.15, 0.2) is 62.4 Å². The largest absolute Gasteiger partial charge is 0.514 e. The molecule has 0 spiro atoms. The van der Waals surface area contributed by atoms with E-state index < -0.39 is 11.8 Å². The number of carbonyl (C=O) groups is 1. The van der Waals surface area contributed by atoms with Crippen molar-refractivity contribution in [2.75, 3.05) is 14.2 Å². The van der Waals surface area contributed by atoms with Crippen molar-refractivity contribution in [1.29, 1.82) is 0 Å². The molecule has 3 rings (SSSR count). The Bertz CT molecular complexity index is 1190. The Morgan fingerprint density at radius 1 is 1.12 bits per heavy atom. The van der Waals surface area contributed by atoms with E-state index in [1.165, 1.54) is 18.4 Å². The van der Waals surface area contributed by atoms with Gasteiger partial charge in [0.15, 0.2) is 11.5 Å². The summed E-state index contributed by atoms with van der Waals surface area (Å²) in [5.41, 5.74) is 2.07. The van der Waals surface area contributed by atoms with E-state index in [2.05, 4.69) is 26.0 Å². The molecule has 1 aromatic heterocycles. The average molecular weight is 518 g/mol. The Labute approximate surface area is 199 Å². The third-order valence-electron chi connectivity index (χ3n) is 4.11. The zero-order valence-corrected chi connectivity index (χ0v) is 20.9. The first-order valence-electron chi connectivity index (χ1n) is 9.72. The highest BCUT2D eigenvalue weighted by Crippen LogP contribution is 2.29. The summed E-state index contributed by atoms with van der Waals surface area (Å²) in [6.45, 7) is 5.31. The van der Waals surface area contributed by atoms with Gasteiger partial charge in [-0.15, -0.1) is 11.3 Å². The second-order valence-corrected chi connectivity index (χ2v) is 9.42. The lowest BCUT2D eigenvalue weighted by Crippen LogP contribution is -2.26. The van der Waals surface area contributed by atoms with E-state index in [-0.39, 0.29) is 5.75 Å². The molecule has 0 N–H and O–H groups in total. The molecule has 9 heteroatoms. The predicted octanol–water partition coefficient (Wildman–Crippen LogP) is 5.71. The van der Waals surface area contributed by atoms with Crippen molar-refractivity contribution in [1.82, 2.24) is 4.68 Å². The number of hydrogen-bond acceptors (Lipinski definition) is 7. The van der Waals surface area contributed by atoms with Crippen LogP contribution in [0, 0.1) is 0 Å². The number of methoxy groups -OCH3 is 1. The van der Waals surface area contributed by atoms with Crippen molar-refractivity contribution in [3.05, 3.63) is 62.7 Å². The molecule has 0 aliphatic heterocycles. The van der Waals surface area contributed by atoms with Crippen LogP contribution < -0.4 is 14.3 Å². The number of rotatable bonds is 5. The Balaban J connectivity index is 1.88. The van der Waals surface area contributed by atoms with Crippen molar-refractivity contribution in [3.63, 3.8) is 0 Å². The fourth-order valence-electron chi connectivity index (χ4n) is 2.72.